The van der Waals surface area contributed by atoms with E-state index in [9.17, 15) is 18.8 Å². The van der Waals surface area contributed by atoms with E-state index in [4.69, 9.17) is 4.42 Å². The van der Waals surface area contributed by atoms with Crippen LogP contribution < -0.4 is 10.6 Å². The lowest BCUT2D eigenvalue weighted by Gasteiger charge is -2.10. The van der Waals surface area contributed by atoms with E-state index in [1.54, 1.807) is 37.3 Å². The summed E-state index contributed by atoms with van der Waals surface area (Å²) in [6, 6.07) is 17.6. The maximum atomic E-state index is 14.3. The summed E-state index contributed by atoms with van der Waals surface area (Å²) in [4.78, 5) is 37.9. The quantitative estimate of drug-likeness (QED) is 0.389. The van der Waals surface area contributed by atoms with Crippen LogP contribution in [0.5, 0.6) is 0 Å². The Balaban J connectivity index is 1.37. The first-order valence-corrected chi connectivity index (χ1v) is 10.2. The molecule has 7 heteroatoms. The first-order chi connectivity index (χ1) is 15.9. The zero-order valence-corrected chi connectivity index (χ0v) is 17.4. The van der Waals surface area contributed by atoms with E-state index in [1.165, 1.54) is 24.5 Å². The average Bonchev–Trinajstić information content (AvgIpc) is 3.37. The largest absolute Gasteiger partial charge is 0.469 e. The number of fused-ring (bicyclic) bond motifs is 3. The lowest BCUT2D eigenvalue weighted by atomic mass is 10.0. The van der Waals surface area contributed by atoms with Gasteiger partial charge in [-0.1, -0.05) is 30.3 Å². The van der Waals surface area contributed by atoms with Crippen molar-refractivity contribution in [3.05, 3.63) is 107 Å². The van der Waals surface area contributed by atoms with Crippen molar-refractivity contribution < 1.29 is 23.2 Å². The number of ketones is 1. The fraction of sp³-hybridized carbons (Fsp3) is 0.0385. The number of furan rings is 1. The van der Waals surface area contributed by atoms with E-state index in [0.29, 0.717) is 22.5 Å². The van der Waals surface area contributed by atoms with Gasteiger partial charge in [-0.05, 0) is 54.4 Å². The first-order valence-electron chi connectivity index (χ1n) is 10.2. The maximum Gasteiger partial charge on any atom is 0.259 e. The van der Waals surface area contributed by atoms with Crippen molar-refractivity contribution in [1.82, 2.24) is 0 Å². The Labute approximate surface area is 188 Å². The smallest absolute Gasteiger partial charge is 0.259 e. The van der Waals surface area contributed by atoms with Gasteiger partial charge in [0.25, 0.3) is 11.8 Å². The zero-order valence-electron chi connectivity index (χ0n) is 17.4. The minimum atomic E-state index is -0.650. The molecule has 1 aromatic heterocycles. The van der Waals surface area contributed by atoms with Crippen LogP contribution in [-0.2, 0) is 0 Å². The Morgan fingerprint density at radius 1 is 0.818 bits per heavy atom. The summed E-state index contributed by atoms with van der Waals surface area (Å²) in [5.74, 6) is -1.36. The monoisotopic (exact) mass is 440 g/mol. The van der Waals surface area contributed by atoms with Crippen LogP contribution in [0.1, 0.15) is 42.4 Å². The molecule has 5 rings (SSSR count). The molecule has 2 amide bonds. The molecule has 1 heterocycles. The highest BCUT2D eigenvalue weighted by Crippen LogP contribution is 2.36. The van der Waals surface area contributed by atoms with Crippen LogP contribution in [-0.4, -0.2) is 17.6 Å². The van der Waals surface area contributed by atoms with E-state index in [-0.39, 0.29) is 22.7 Å². The van der Waals surface area contributed by atoms with Crippen molar-refractivity contribution in [3.63, 3.8) is 0 Å². The van der Waals surface area contributed by atoms with Gasteiger partial charge in [-0.3, -0.25) is 14.4 Å². The van der Waals surface area contributed by atoms with Crippen molar-refractivity contribution in [1.29, 1.82) is 0 Å². The number of anilines is 2. The highest BCUT2D eigenvalue weighted by Gasteiger charge is 2.27. The van der Waals surface area contributed by atoms with Gasteiger partial charge in [0.2, 0.25) is 0 Å². The van der Waals surface area contributed by atoms with E-state index in [0.717, 1.165) is 17.2 Å². The first kappa shape index (κ1) is 20.4. The van der Waals surface area contributed by atoms with Crippen molar-refractivity contribution in [2.45, 2.75) is 6.92 Å². The highest BCUT2D eigenvalue weighted by molar-refractivity contribution is 6.22. The topological polar surface area (TPSA) is 88.4 Å². The van der Waals surface area contributed by atoms with Crippen molar-refractivity contribution >= 4 is 29.0 Å². The molecule has 0 fully saturated rings. The van der Waals surface area contributed by atoms with Gasteiger partial charge in [0, 0.05) is 22.4 Å². The number of hydrogen-bond acceptors (Lipinski definition) is 4. The fourth-order valence-corrected chi connectivity index (χ4v) is 3.88. The summed E-state index contributed by atoms with van der Waals surface area (Å²) in [7, 11) is 0. The number of hydrogen-bond donors (Lipinski definition) is 2. The normalized spacial score (nSPS) is 11.6. The molecule has 0 unspecified atom stereocenters. The third-order valence-corrected chi connectivity index (χ3v) is 5.56. The Morgan fingerprint density at radius 2 is 1.58 bits per heavy atom. The summed E-state index contributed by atoms with van der Waals surface area (Å²) in [6.07, 6.45) is 1.37. The molecule has 1 aliphatic carbocycles. The molecule has 0 aliphatic heterocycles. The summed E-state index contributed by atoms with van der Waals surface area (Å²) >= 11 is 0. The van der Waals surface area contributed by atoms with Gasteiger partial charge in [0.05, 0.1) is 17.5 Å². The SMILES string of the molecule is Cc1occc1C(=O)Nc1cc(NC(=O)c2ccc3c(c2)C(=O)c2ccccc2-3)ccc1F. The summed E-state index contributed by atoms with van der Waals surface area (Å²) in [6.45, 7) is 1.63. The van der Waals surface area contributed by atoms with Crippen molar-refractivity contribution in [2.75, 3.05) is 10.6 Å². The van der Waals surface area contributed by atoms with Crippen LogP contribution in [0.4, 0.5) is 15.8 Å². The molecule has 0 saturated carbocycles. The number of amides is 2. The van der Waals surface area contributed by atoms with Gasteiger partial charge in [0.1, 0.15) is 11.6 Å². The summed E-state index contributed by atoms with van der Waals surface area (Å²) in [5.41, 5.74) is 3.48. The Bertz CT molecular complexity index is 1450. The van der Waals surface area contributed by atoms with E-state index in [2.05, 4.69) is 10.6 Å². The number of benzene rings is 3. The molecule has 33 heavy (non-hydrogen) atoms. The highest BCUT2D eigenvalue weighted by atomic mass is 19.1. The number of carbonyl (C=O) groups is 3. The number of rotatable bonds is 4. The Morgan fingerprint density at radius 3 is 2.33 bits per heavy atom. The van der Waals surface area contributed by atoms with Crippen LogP contribution in [0.2, 0.25) is 0 Å². The minimum Gasteiger partial charge on any atom is -0.469 e. The number of nitrogens with one attached hydrogen (secondary N) is 2. The van der Waals surface area contributed by atoms with E-state index in [1.807, 2.05) is 12.1 Å². The second-order valence-corrected chi connectivity index (χ2v) is 7.63. The van der Waals surface area contributed by atoms with E-state index >= 15 is 0 Å². The predicted molar refractivity (Wildman–Crippen MR) is 121 cm³/mol. The molecule has 2 N–H and O–H groups in total. The van der Waals surface area contributed by atoms with Crippen molar-refractivity contribution in [2.24, 2.45) is 0 Å². The third-order valence-electron chi connectivity index (χ3n) is 5.56. The molecule has 162 valence electrons. The lowest BCUT2D eigenvalue weighted by molar-refractivity contribution is 0.101. The number of aryl methyl sites for hydroxylation is 1. The van der Waals surface area contributed by atoms with Gasteiger partial charge < -0.3 is 15.1 Å². The fourth-order valence-electron chi connectivity index (χ4n) is 3.88. The van der Waals surface area contributed by atoms with E-state index < -0.39 is 17.6 Å². The van der Waals surface area contributed by atoms with Crippen LogP contribution in [0, 0.1) is 12.7 Å². The standard InChI is InChI=1S/C26H17FN2O4/c1-14-17(10-11-33-14)26(32)29-23-13-16(7-9-22(23)27)28-25(31)15-6-8-19-18-4-2-3-5-20(18)24(30)21(19)12-15/h2-13H,1H3,(H,28,31)(H,29,32). The Kier molecular flexibility index (Phi) is 4.86. The second-order valence-electron chi connectivity index (χ2n) is 7.63. The van der Waals surface area contributed by atoms with Gasteiger partial charge in [0.15, 0.2) is 5.78 Å². The zero-order chi connectivity index (χ0) is 23.1. The predicted octanol–water partition coefficient (Wildman–Crippen LogP) is 5.44. The molecule has 1 aliphatic rings. The molecule has 0 saturated heterocycles. The third kappa shape index (κ3) is 3.59. The molecule has 4 aromatic rings. The Hall–Kier alpha value is -4.52. The maximum absolute atomic E-state index is 14.3. The molecular formula is C26H17FN2O4. The number of carbonyl (C=O) groups excluding carboxylic acids is 3. The minimum absolute atomic E-state index is 0.0852. The van der Waals surface area contributed by atoms with Gasteiger partial charge in [-0.2, -0.15) is 0 Å². The lowest BCUT2D eigenvalue weighted by Crippen LogP contribution is -2.15. The average molecular weight is 440 g/mol. The number of halogens is 1. The van der Waals surface area contributed by atoms with Crippen LogP contribution in [0.3, 0.4) is 0 Å². The molecule has 3 aromatic carbocycles. The second kappa shape index (κ2) is 7.87. The van der Waals surface area contributed by atoms with Crippen LogP contribution >= 0.6 is 0 Å². The molecule has 6 nitrogen and oxygen atoms in total. The summed E-state index contributed by atoms with van der Waals surface area (Å²) < 4.78 is 19.4. The molecule has 0 radical (unpaired) electrons. The van der Waals surface area contributed by atoms with Gasteiger partial charge >= 0.3 is 0 Å². The van der Waals surface area contributed by atoms with Gasteiger partial charge in [-0.25, -0.2) is 4.39 Å². The summed E-state index contributed by atoms with van der Waals surface area (Å²) in [5, 5.41) is 5.17. The van der Waals surface area contributed by atoms with Crippen LogP contribution in [0.15, 0.2) is 77.4 Å². The molecule has 0 atom stereocenters. The van der Waals surface area contributed by atoms with Gasteiger partial charge in [-0.15, -0.1) is 0 Å². The molecule has 0 bridgehead atoms. The molecule has 0 spiro atoms. The van der Waals surface area contributed by atoms with Crippen molar-refractivity contribution in [3.8, 4) is 11.1 Å². The molecular weight excluding hydrogens is 423 g/mol. The van der Waals surface area contributed by atoms with Crippen LogP contribution in [0.25, 0.3) is 11.1 Å².